The third-order valence-electron chi connectivity index (χ3n) is 1.66. The lowest BCUT2D eigenvalue weighted by Crippen LogP contribution is -2.19. The fourth-order valence-corrected chi connectivity index (χ4v) is 1.27. The molecule has 0 spiro atoms. The number of aliphatic hydroxyl groups is 2. The fourth-order valence-electron chi connectivity index (χ4n) is 1.27. The molecule has 0 rings (SSSR count). The zero-order valence-electron chi connectivity index (χ0n) is 7.09. The lowest BCUT2D eigenvalue weighted by Gasteiger charge is -2.24. The van der Waals surface area contributed by atoms with Crippen LogP contribution in [-0.4, -0.2) is 16.5 Å². The summed E-state index contributed by atoms with van der Waals surface area (Å²) in [6.07, 6.45) is 1.46. The molecule has 0 aromatic carbocycles. The summed E-state index contributed by atoms with van der Waals surface area (Å²) < 4.78 is 0. The van der Waals surface area contributed by atoms with Crippen LogP contribution in [0.15, 0.2) is 0 Å². The largest absolute Gasteiger partial charge is 0.368 e. The van der Waals surface area contributed by atoms with Gasteiger partial charge in [0.2, 0.25) is 0 Å². The SMILES string of the molecule is CCCC(C)(C)CC(O)O. The van der Waals surface area contributed by atoms with Gasteiger partial charge in [0.05, 0.1) is 0 Å². The van der Waals surface area contributed by atoms with Crippen molar-refractivity contribution >= 4 is 0 Å². The molecule has 0 unspecified atom stereocenters. The highest BCUT2D eigenvalue weighted by Gasteiger charge is 2.19. The molecule has 0 heterocycles. The Balaban J connectivity index is 3.63. The van der Waals surface area contributed by atoms with Crippen LogP contribution in [0.1, 0.15) is 40.0 Å². The van der Waals surface area contributed by atoms with Crippen molar-refractivity contribution in [1.29, 1.82) is 0 Å². The topological polar surface area (TPSA) is 40.5 Å². The van der Waals surface area contributed by atoms with Gasteiger partial charge >= 0.3 is 0 Å². The number of hydrogen-bond acceptors (Lipinski definition) is 2. The molecule has 2 N–H and O–H groups in total. The Labute approximate surface area is 62.9 Å². The number of rotatable bonds is 4. The molecule has 0 aromatic heterocycles. The van der Waals surface area contributed by atoms with E-state index in [0.29, 0.717) is 6.42 Å². The zero-order chi connectivity index (χ0) is 8.20. The first-order valence-electron chi connectivity index (χ1n) is 3.84. The van der Waals surface area contributed by atoms with Crippen LogP contribution in [0.3, 0.4) is 0 Å². The summed E-state index contributed by atoms with van der Waals surface area (Å²) in [6, 6.07) is 0. The monoisotopic (exact) mass is 146 g/mol. The summed E-state index contributed by atoms with van der Waals surface area (Å²) in [6.45, 7) is 6.21. The average Bonchev–Trinajstić information content (AvgIpc) is 1.59. The molecular weight excluding hydrogens is 128 g/mol. The molecule has 0 amide bonds. The Morgan fingerprint density at radius 3 is 2.10 bits per heavy atom. The maximum Gasteiger partial charge on any atom is 0.151 e. The van der Waals surface area contributed by atoms with Crippen LogP contribution in [0, 0.1) is 5.41 Å². The molecule has 0 aliphatic heterocycles. The van der Waals surface area contributed by atoms with Gasteiger partial charge in [-0.1, -0.05) is 27.2 Å². The molecule has 0 aliphatic rings. The third kappa shape index (κ3) is 4.77. The predicted octanol–water partition coefficient (Wildman–Crippen LogP) is 1.51. The molecule has 62 valence electrons. The second kappa shape index (κ2) is 3.94. The first-order valence-corrected chi connectivity index (χ1v) is 3.84. The van der Waals surface area contributed by atoms with Gasteiger partial charge in [-0.15, -0.1) is 0 Å². The third-order valence-corrected chi connectivity index (χ3v) is 1.66. The zero-order valence-corrected chi connectivity index (χ0v) is 7.09. The molecule has 0 aromatic rings. The van der Waals surface area contributed by atoms with E-state index in [1.807, 2.05) is 0 Å². The Hall–Kier alpha value is -0.0800. The van der Waals surface area contributed by atoms with Gasteiger partial charge in [0.25, 0.3) is 0 Å². The highest BCUT2D eigenvalue weighted by molar-refractivity contribution is 4.68. The van der Waals surface area contributed by atoms with Crippen molar-refractivity contribution in [2.45, 2.75) is 46.3 Å². The van der Waals surface area contributed by atoms with Crippen molar-refractivity contribution in [1.82, 2.24) is 0 Å². The maximum atomic E-state index is 8.67. The van der Waals surface area contributed by atoms with Gasteiger partial charge in [-0.2, -0.15) is 0 Å². The summed E-state index contributed by atoms with van der Waals surface area (Å²) in [5.74, 6) is 0. The van der Waals surface area contributed by atoms with Crippen LogP contribution in [0.2, 0.25) is 0 Å². The van der Waals surface area contributed by atoms with E-state index in [9.17, 15) is 0 Å². The van der Waals surface area contributed by atoms with Gasteiger partial charge in [0, 0.05) is 6.42 Å². The Morgan fingerprint density at radius 2 is 1.80 bits per heavy atom. The molecule has 0 atom stereocenters. The van der Waals surface area contributed by atoms with E-state index in [0.717, 1.165) is 12.8 Å². The van der Waals surface area contributed by atoms with Gasteiger partial charge in [-0.3, -0.25) is 0 Å². The Morgan fingerprint density at radius 1 is 1.30 bits per heavy atom. The van der Waals surface area contributed by atoms with Gasteiger partial charge in [-0.25, -0.2) is 0 Å². The average molecular weight is 146 g/mol. The normalized spacial score (nSPS) is 12.6. The summed E-state index contributed by atoms with van der Waals surface area (Å²) >= 11 is 0. The molecule has 0 saturated heterocycles. The van der Waals surface area contributed by atoms with E-state index in [4.69, 9.17) is 10.2 Å². The minimum absolute atomic E-state index is 0.0723. The Bertz CT molecular complexity index is 87.3. The van der Waals surface area contributed by atoms with Crippen molar-refractivity contribution in [3.8, 4) is 0 Å². The fraction of sp³-hybridized carbons (Fsp3) is 1.00. The minimum Gasteiger partial charge on any atom is -0.368 e. The van der Waals surface area contributed by atoms with Gasteiger partial charge in [-0.05, 0) is 11.8 Å². The highest BCUT2D eigenvalue weighted by Crippen LogP contribution is 2.27. The van der Waals surface area contributed by atoms with Crippen LogP contribution in [0.25, 0.3) is 0 Å². The standard InChI is InChI=1S/C8H18O2/c1-4-5-8(2,3)6-7(9)10/h7,9-10H,4-6H2,1-3H3. The molecule has 0 fully saturated rings. The van der Waals surface area contributed by atoms with E-state index < -0.39 is 6.29 Å². The molecular formula is C8H18O2. The lowest BCUT2D eigenvalue weighted by atomic mass is 9.84. The van der Waals surface area contributed by atoms with Gasteiger partial charge in [0.1, 0.15) is 0 Å². The maximum absolute atomic E-state index is 8.67. The van der Waals surface area contributed by atoms with Crippen LogP contribution in [0.5, 0.6) is 0 Å². The lowest BCUT2D eigenvalue weighted by molar-refractivity contribution is -0.0686. The molecule has 0 radical (unpaired) electrons. The molecule has 2 heteroatoms. The van der Waals surface area contributed by atoms with Crippen molar-refractivity contribution in [2.75, 3.05) is 0 Å². The number of hydrogen-bond donors (Lipinski definition) is 2. The van der Waals surface area contributed by atoms with E-state index >= 15 is 0 Å². The summed E-state index contributed by atoms with van der Waals surface area (Å²) in [7, 11) is 0. The summed E-state index contributed by atoms with van der Waals surface area (Å²) in [5, 5.41) is 17.3. The first-order chi connectivity index (χ1) is 4.48. The summed E-state index contributed by atoms with van der Waals surface area (Å²) in [5.41, 5.74) is 0.0723. The molecule has 0 bridgehead atoms. The van der Waals surface area contributed by atoms with Crippen molar-refractivity contribution in [3.63, 3.8) is 0 Å². The van der Waals surface area contributed by atoms with Crippen molar-refractivity contribution < 1.29 is 10.2 Å². The first kappa shape index (κ1) is 9.92. The van der Waals surface area contributed by atoms with Gasteiger partial charge < -0.3 is 10.2 Å². The second-order valence-electron chi connectivity index (χ2n) is 3.60. The Kier molecular flexibility index (Phi) is 3.91. The highest BCUT2D eigenvalue weighted by atomic mass is 16.5. The van der Waals surface area contributed by atoms with Crippen LogP contribution < -0.4 is 0 Å². The van der Waals surface area contributed by atoms with Crippen LogP contribution in [-0.2, 0) is 0 Å². The molecule has 10 heavy (non-hydrogen) atoms. The van der Waals surface area contributed by atoms with E-state index in [-0.39, 0.29) is 5.41 Å². The van der Waals surface area contributed by atoms with E-state index in [1.165, 1.54) is 0 Å². The summed E-state index contributed by atoms with van der Waals surface area (Å²) in [4.78, 5) is 0. The molecule has 0 saturated carbocycles. The number of aliphatic hydroxyl groups excluding tert-OH is 1. The van der Waals surface area contributed by atoms with Crippen LogP contribution in [0.4, 0.5) is 0 Å². The minimum atomic E-state index is -1.15. The van der Waals surface area contributed by atoms with Crippen molar-refractivity contribution in [3.05, 3.63) is 0 Å². The van der Waals surface area contributed by atoms with E-state index in [2.05, 4.69) is 20.8 Å². The van der Waals surface area contributed by atoms with Gasteiger partial charge in [0.15, 0.2) is 6.29 Å². The van der Waals surface area contributed by atoms with Crippen molar-refractivity contribution in [2.24, 2.45) is 5.41 Å². The predicted molar refractivity (Wildman–Crippen MR) is 41.5 cm³/mol. The van der Waals surface area contributed by atoms with E-state index in [1.54, 1.807) is 0 Å². The molecule has 2 nitrogen and oxygen atoms in total. The molecule has 0 aliphatic carbocycles. The quantitative estimate of drug-likeness (QED) is 0.590. The van der Waals surface area contributed by atoms with Crippen LogP contribution >= 0.6 is 0 Å². The second-order valence-corrected chi connectivity index (χ2v) is 3.60. The smallest absolute Gasteiger partial charge is 0.151 e.